The molecule has 1 aromatic rings. The fraction of sp³-hybridized carbons (Fsp3) is 0.588. The van der Waals surface area contributed by atoms with Gasteiger partial charge in [-0.15, -0.1) is 0 Å². The summed E-state index contributed by atoms with van der Waals surface area (Å²) in [6, 6.07) is 10.2. The Morgan fingerprint density at radius 1 is 1.32 bits per heavy atom. The smallest absolute Gasteiger partial charge is 0.224 e. The minimum absolute atomic E-state index is 0.0802. The number of aliphatic hydroxyl groups excluding tert-OH is 2. The lowest BCUT2D eigenvalue weighted by atomic mass is 9.94. The van der Waals surface area contributed by atoms with E-state index < -0.39 is 5.54 Å². The Hall–Kier alpha value is -1.43. The molecule has 1 aromatic carbocycles. The van der Waals surface area contributed by atoms with Crippen molar-refractivity contribution in [3.05, 3.63) is 35.9 Å². The number of piperidine rings is 1. The van der Waals surface area contributed by atoms with Gasteiger partial charge in [0.05, 0.1) is 24.7 Å². The van der Waals surface area contributed by atoms with E-state index in [4.69, 9.17) is 0 Å². The Kier molecular flexibility index (Phi) is 5.94. The molecule has 1 amide bonds. The second-order valence-electron chi connectivity index (χ2n) is 6.43. The largest absolute Gasteiger partial charge is 0.394 e. The van der Waals surface area contributed by atoms with Crippen molar-refractivity contribution in [3.63, 3.8) is 0 Å². The Balaban J connectivity index is 1.91. The van der Waals surface area contributed by atoms with Gasteiger partial charge in [-0.1, -0.05) is 30.3 Å². The minimum atomic E-state index is -0.946. The molecule has 0 bridgehead atoms. The van der Waals surface area contributed by atoms with Crippen LogP contribution in [0.3, 0.4) is 0 Å². The average Bonchev–Trinajstić information content (AvgIpc) is 2.56. The molecule has 5 nitrogen and oxygen atoms in total. The Morgan fingerprint density at radius 2 is 2.00 bits per heavy atom. The van der Waals surface area contributed by atoms with Crippen LogP contribution in [0, 0.1) is 5.92 Å². The van der Waals surface area contributed by atoms with Gasteiger partial charge in [-0.2, -0.15) is 0 Å². The summed E-state index contributed by atoms with van der Waals surface area (Å²) in [5.74, 6) is -0.168. The molecule has 122 valence electrons. The van der Waals surface area contributed by atoms with Gasteiger partial charge in [0.25, 0.3) is 0 Å². The summed E-state index contributed by atoms with van der Waals surface area (Å²) < 4.78 is 0. The molecule has 2 rings (SSSR count). The molecule has 0 aromatic heterocycles. The number of carbonyl (C=O) groups is 1. The summed E-state index contributed by atoms with van der Waals surface area (Å²) in [7, 11) is 0. The summed E-state index contributed by atoms with van der Waals surface area (Å²) in [6.45, 7) is 3.67. The lowest BCUT2D eigenvalue weighted by Crippen LogP contribution is -2.55. The first-order valence-electron chi connectivity index (χ1n) is 7.86. The van der Waals surface area contributed by atoms with E-state index >= 15 is 0 Å². The average molecular weight is 306 g/mol. The van der Waals surface area contributed by atoms with Gasteiger partial charge in [0.1, 0.15) is 0 Å². The van der Waals surface area contributed by atoms with Gasteiger partial charge in [0, 0.05) is 13.1 Å². The van der Waals surface area contributed by atoms with Crippen molar-refractivity contribution in [3.8, 4) is 0 Å². The van der Waals surface area contributed by atoms with Crippen molar-refractivity contribution >= 4 is 5.91 Å². The maximum Gasteiger partial charge on any atom is 0.224 e. The number of likely N-dealkylation sites (tertiary alicyclic amines) is 1. The van der Waals surface area contributed by atoms with Gasteiger partial charge in [0.15, 0.2) is 0 Å². The van der Waals surface area contributed by atoms with Crippen LogP contribution in [0.4, 0.5) is 0 Å². The van der Waals surface area contributed by atoms with E-state index in [0.29, 0.717) is 6.54 Å². The van der Waals surface area contributed by atoms with E-state index in [2.05, 4.69) is 22.3 Å². The molecule has 0 aliphatic carbocycles. The molecule has 0 saturated carbocycles. The Morgan fingerprint density at radius 3 is 2.64 bits per heavy atom. The number of amides is 1. The van der Waals surface area contributed by atoms with Crippen LogP contribution in [0.25, 0.3) is 0 Å². The highest BCUT2D eigenvalue weighted by Gasteiger charge is 2.31. The zero-order chi connectivity index (χ0) is 16.0. The van der Waals surface area contributed by atoms with E-state index in [1.165, 1.54) is 5.56 Å². The van der Waals surface area contributed by atoms with Crippen molar-refractivity contribution < 1.29 is 15.0 Å². The molecule has 1 atom stereocenters. The normalized spacial score (nSPS) is 19.9. The topological polar surface area (TPSA) is 72.8 Å². The summed E-state index contributed by atoms with van der Waals surface area (Å²) in [4.78, 5) is 14.7. The number of nitrogens with one attached hydrogen (secondary N) is 1. The van der Waals surface area contributed by atoms with Gasteiger partial charge in [-0.25, -0.2) is 0 Å². The number of rotatable bonds is 6. The monoisotopic (exact) mass is 306 g/mol. The lowest BCUT2D eigenvalue weighted by Gasteiger charge is -2.34. The summed E-state index contributed by atoms with van der Waals surface area (Å²) >= 11 is 0. The first kappa shape index (κ1) is 16.9. The Labute approximate surface area is 131 Å². The van der Waals surface area contributed by atoms with E-state index in [9.17, 15) is 15.0 Å². The van der Waals surface area contributed by atoms with Gasteiger partial charge in [0.2, 0.25) is 5.91 Å². The van der Waals surface area contributed by atoms with Crippen LogP contribution >= 0.6 is 0 Å². The van der Waals surface area contributed by atoms with Crippen LogP contribution in [0.5, 0.6) is 0 Å². The van der Waals surface area contributed by atoms with Crippen LogP contribution in [0.15, 0.2) is 30.3 Å². The third kappa shape index (κ3) is 4.53. The third-order valence-corrected chi connectivity index (χ3v) is 4.25. The van der Waals surface area contributed by atoms with Crippen molar-refractivity contribution in [2.45, 2.75) is 31.8 Å². The van der Waals surface area contributed by atoms with Gasteiger partial charge in [-0.05, 0) is 31.9 Å². The van der Waals surface area contributed by atoms with E-state index in [1.807, 2.05) is 18.2 Å². The summed E-state index contributed by atoms with van der Waals surface area (Å²) in [5.41, 5.74) is 0.304. The van der Waals surface area contributed by atoms with Crippen LogP contribution in [-0.2, 0) is 11.3 Å². The van der Waals surface area contributed by atoms with E-state index in [0.717, 1.165) is 25.9 Å². The molecule has 0 spiro atoms. The van der Waals surface area contributed by atoms with Crippen LogP contribution < -0.4 is 5.32 Å². The quantitative estimate of drug-likeness (QED) is 0.725. The highest BCUT2D eigenvalue weighted by atomic mass is 16.3. The molecule has 1 aliphatic heterocycles. The van der Waals surface area contributed by atoms with Crippen LogP contribution in [-0.4, -0.2) is 52.9 Å². The molecule has 5 heteroatoms. The molecule has 22 heavy (non-hydrogen) atoms. The summed E-state index contributed by atoms with van der Waals surface area (Å²) in [6.07, 6.45) is 1.84. The second kappa shape index (κ2) is 7.72. The molecule has 3 N–H and O–H groups in total. The number of carbonyl (C=O) groups excluding carboxylic acids is 1. The molecular formula is C17H26N2O3. The SMILES string of the molecule is CC(CO)(CO)NC(=O)C1CCCN(Cc2ccccc2)C1. The minimum Gasteiger partial charge on any atom is -0.394 e. The van der Waals surface area contributed by atoms with Crippen molar-refractivity contribution in [1.29, 1.82) is 0 Å². The molecule has 1 saturated heterocycles. The Bertz CT molecular complexity index is 474. The molecule has 1 fully saturated rings. The zero-order valence-electron chi connectivity index (χ0n) is 13.2. The number of aliphatic hydroxyl groups is 2. The highest BCUT2D eigenvalue weighted by Crippen LogP contribution is 2.19. The van der Waals surface area contributed by atoms with E-state index in [-0.39, 0.29) is 25.0 Å². The third-order valence-electron chi connectivity index (χ3n) is 4.25. The van der Waals surface area contributed by atoms with Gasteiger partial charge in [-0.3, -0.25) is 9.69 Å². The van der Waals surface area contributed by atoms with Gasteiger partial charge < -0.3 is 15.5 Å². The maximum atomic E-state index is 12.4. The number of hydrogen-bond donors (Lipinski definition) is 3. The molecule has 1 heterocycles. The standard InChI is InChI=1S/C17H26N2O3/c1-17(12-20,13-21)18-16(22)15-8-5-9-19(11-15)10-14-6-3-2-4-7-14/h2-4,6-7,15,20-21H,5,8-13H2,1H3,(H,18,22). The summed E-state index contributed by atoms with van der Waals surface area (Å²) in [5, 5.41) is 21.4. The fourth-order valence-electron chi connectivity index (χ4n) is 2.78. The van der Waals surface area contributed by atoms with Gasteiger partial charge >= 0.3 is 0 Å². The fourth-order valence-corrected chi connectivity index (χ4v) is 2.78. The van der Waals surface area contributed by atoms with E-state index in [1.54, 1.807) is 6.92 Å². The first-order valence-corrected chi connectivity index (χ1v) is 7.86. The zero-order valence-corrected chi connectivity index (χ0v) is 13.2. The first-order chi connectivity index (χ1) is 10.6. The maximum absolute atomic E-state index is 12.4. The molecule has 1 aliphatic rings. The predicted molar refractivity (Wildman–Crippen MR) is 85.2 cm³/mol. The number of benzene rings is 1. The number of hydrogen-bond acceptors (Lipinski definition) is 4. The predicted octanol–water partition coefficient (Wildman–Crippen LogP) is 0.758. The highest BCUT2D eigenvalue weighted by molar-refractivity contribution is 5.79. The molecular weight excluding hydrogens is 280 g/mol. The lowest BCUT2D eigenvalue weighted by molar-refractivity contribution is -0.129. The van der Waals surface area contributed by atoms with Crippen molar-refractivity contribution in [2.24, 2.45) is 5.92 Å². The number of nitrogens with zero attached hydrogens (tertiary/aromatic N) is 1. The van der Waals surface area contributed by atoms with Crippen molar-refractivity contribution in [2.75, 3.05) is 26.3 Å². The van der Waals surface area contributed by atoms with Crippen molar-refractivity contribution in [1.82, 2.24) is 10.2 Å². The second-order valence-corrected chi connectivity index (χ2v) is 6.43. The van der Waals surface area contributed by atoms with Crippen LogP contribution in [0.1, 0.15) is 25.3 Å². The molecule has 1 unspecified atom stereocenters. The van der Waals surface area contributed by atoms with Crippen LogP contribution in [0.2, 0.25) is 0 Å². The molecule has 0 radical (unpaired) electrons.